The van der Waals surface area contributed by atoms with E-state index >= 15 is 0 Å². The summed E-state index contributed by atoms with van der Waals surface area (Å²) in [6.45, 7) is 3.98. The normalized spacial score (nSPS) is 16.5. The Hall–Kier alpha value is -0.900. The summed E-state index contributed by atoms with van der Waals surface area (Å²) in [6.07, 6.45) is 0.843. The zero-order valence-electron chi connectivity index (χ0n) is 7.63. The van der Waals surface area contributed by atoms with Gasteiger partial charge in [0, 0.05) is 26.4 Å². The van der Waals surface area contributed by atoms with E-state index in [1.54, 1.807) is 11.8 Å². The number of hydrogen-bond donors (Lipinski definition) is 1. The van der Waals surface area contributed by atoms with Crippen molar-refractivity contribution in [2.45, 2.75) is 13.3 Å². The van der Waals surface area contributed by atoms with Gasteiger partial charge < -0.3 is 5.32 Å². The van der Waals surface area contributed by atoms with Gasteiger partial charge in [-0.15, -0.1) is 0 Å². The number of rotatable bonds is 3. The van der Waals surface area contributed by atoms with E-state index in [-0.39, 0.29) is 5.91 Å². The van der Waals surface area contributed by atoms with E-state index in [0.717, 1.165) is 31.9 Å². The Morgan fingerprint density at radius 3 is 3.08 bits per heavy atom. The van der Waals surface area contributed by atoms with Gasteiger partial charge in [-0.3, -0.25) is 14.7 Å². The SMILES string of the molecule is CNCCC1=NCCN1C(C)=O. The fourth-order valence-electron chi connectivity index (χ4n) is 1.28. The molecule has 0 saturated heterocycles. The summed E-state index contributed by atoms with van der Waals surface area (Å²) >= 11 is 0. The third-order valence-corrected chi connectivity index (χ3v) is 1.91. The van der Waals surface area contributed by atoms with Gasteiger partial charge in [-0.25, -0.2) is 0 Å². The van der Waals surface area contributed by atoms with Crippen LogP contribution in [0.25, 0.3) is 0 Å². The van der Waals surface area contributed by atoms with Crippen molar-refractivity contribution in [1.29, 1.82) is 0 Å². The molecule has 1 amide bonds. The molecule has 0 fully saturated rings. The lowest BCUT2D eigenvalue weighted by molar-refractivity contribution is -0.124. The summed E-state index contributed by atoms with van der Waals surface area (Å²) in [6, 6.07) is 0. The highest BCUT2D eigenvalue weighted by Crippen LogP contribution is 2.04. The van der Waals surface area contributed by atoms with E-state index in [1.807, 2.05) is 7.05 Å². The average molecular weight is 169 g/mol. The van der Waals surface area contributed by atoms with Crippen LogP contribution in [0.15, 0.2) is 4.99 Å². The van der Waals surface area contributed by atoms with Gasteiger partial charge in [-0.05, 0) is 7.05 Å². The molecule has 68 valence electrons. The summed E-state index contributed by atoms with van der Waals surface area (Å²) in [5.74, 6) is 1.03. The van der Waals surface area contributed by atoms with Gasteiger partial charge in [0.05, 0.1) is 6.54 Å². The van der Waals surface area contributed by atoms with Crippen molar-refractivity contribution in [3.8, 4) is 0 Å². The van der Waals surface area contributed by atoms with Crippen LogP contribution in [0.2, 0.25) is 0 Å². The summed E-state index contributed by atoms with van der Waals surface area (Å²) < 4.78 is 0. The van der Waals surface area contributed by atoms with Crippen molar-refractivity contribution in [2.24, 2.45) is 4.99 Å². The minimum Gasteiger partial charge on any atom is -0.319 e. The zero-order valence-corrected chi connectivity index (χ0v) is 7.63. The first-order chi connectivity index (χ1) is 5.75. The maximum atomic E-state index is 11.0. The molecule has 0 unspecified atom stereocenters. The molecule has 0 spiro atoms. The molecule has 1 aliphatic rings. The molecule has 0 aliphatic carbocycles. The lowest BCUT2D eigenvalue weighted by Gasteiger charge is -2.15. The Kier molecular flexibility index (Phi) is 3.22. The first-order valence-corrected chi connectivity index (χ1v) is 4.21. The van der Waals surface area contributed by atoms with Crippen molar-refractivity contribution < 1.29 is 4.79 Å². The minimum absolute atomic E-state index is 0.0994. The Labute approximate surface area is 72.7 Å². The summed E-state index contributed by atoms with van der Waals surface area (Å²) in [7, 11) is 1.90. The highest BCUT2D eigenvalue weighted by Gasteiger charge is 2.19. The number of hydrogen-bond acceptors (Lipinski definition) is 3. The molecule has 0 saturated carbocycles. The highest BCUT2D eigenvalue weighted by atomic mass is 16.2. The quantitative estimate of drug-likeness (QED) is 0.639. The third kappa shape index (κ3) is 2.04. The molecule has 0 aromatic heterocycles. The molecule has 0 aromatic rings. The van der Waals surface area contributed by atoms with Crippen LogP contribution in [0, 0.1) is 0 Å². The number of amides is 1. The van der Waals surface area contributed by atoms with Crippen molar-refractivity contribution in [3.05, 3.63) is 0 Å². The van der Waals surface area contributed by atoms with Gasteiger partial charge in [0.2, 0.25) is 5.91 Å². The van der Waals surface area contributed by atoms with Crippen LogP contribution in [-0.4, -0.2) is 43.3 Å². The summed E-state index contributed by atoms with van der Waals surface area (Å²) in [5, 5.41) is 3.04. The zero-order chi connectivity index (χ0) is 8.97. The molecule has 4 heteroatoms. The van der Waals surface area contributed by atoms with Gasteiger partial charge in [-0.1, -0.05) is 0 Å². The molecule has 1 aliphatic heterocycles. The van der Waals surface area contributed by atoms with E-state index in [1.165, 1.54) is 0 Å². The first-order valence-electron chi connectivity index (χ1n) is 4.21. The maximum Gasteiger partial charge on any atom is 0.224 e. The molecule has 1 N–H and O–H groups in total. The van der Waals surface area contributed by atoms with Crippen LogP contribution in [-0.2, 0) is 4.79 Å². The van der Waals surface area contributed by atoms with Crippen LogP contribution in [0.4, 0.5) is 0 Å². The lowest BCUT2D eigenvalue weighted by Crippen LogP contribution is -2.33. The topological polar surface area (TPSA) is 44.7 Å². The molecular formula is C8H15N3O. The van der Waals surface area contributed by atoms with Crippen molar-refractivity contribution in [1.82, 2.24) is 10.2 Å². The van der Waals surface area contributed by atoms with Crippen LogP contribution >= 0.6 is 0 Å². The molecule has 1 heterocycles. The van der Waals surface area contributed by atoms with Gasteiger partial charge in [0.25, 0.3) is 0 Å². The molecule has 0 aromatic carbocycles. The second-order valence-electron chi connectivity index (χ2n) is 2.82. The van der Waals surface area contributed by atoms with Crippen LogP contribution in [0.3, 0.4) is 0 Å². The van der Waals surface area contributed by atoms with Crippen LogP contribution < -0.4 is 5.32 Å². The Morgan fingerprint density at radius 2 is 2.50 bits per heavy atom. The van der Waals surface area contributed by atoms with Gasteiger partial charge in [0.1, 0.15) is 5.84 Å². The molecule has 1 rings (SSSR count). The van der Waals surface area contributed by atoms with E-state index in [9.17, 15) is 4.79 Å². The van der Waals surface area contributed by atoms with Gasteiger partial charge in [0.15, 0.2) is 0 Å². The summed E-state index contributed by atoms with van der Waals surface area (Å²) in [5.41, 5.74) is 0. The predicted octanol–water partition coefficient (Wildman–Crippen LogP) is -0.144. The second kappa shape index (κ2) is 4.21. The van der Waals surface area contributed by atoms with E-state index < -0.39 is 0 Å². The molecule has 12 heavy (non-hydrogen) atoms. The maximum absolute atomic E-state index is 11.0. The Morgan fingerprint density at radius 1 is 1.75 bits per heavy atom. The molecule has 0 radical (unpaired) electrons. The fraction of sp³-hybridized carbons (Fsp3) is 0.750. The third-order valence-electron chi connectivity index (χ3n) is 1.91. The molecule has 4 nitrogen and oxygen atoms in total. The predicted molar refractivity (Wildman–Crippen MR) is 48.2 cm³/mol. The molecule has 0 bridgehead atoms. The monoisotopic (exact) mass is 169 g/mol. The van der Waals surface area contributed by atoms with Crippen molar-refractivity contribution in [2.75, 3.05) is 26.7 Å². The number of nitrogens with one attached hydrogen (secondary N) is 1. The standard InChI is InChI=1S/C8H15N3O/c1-7(12)11-6-5-10-8(11)3-4-9-2/h9H,3-6H2,1-2H3. The molecular weight excluding hydrogens is 154 g/mol. The number of aliphatic imine (C=N–C) groups is 1. The number of carbonyl (C=O) groups excluding carboxylic acids is 1. The lowest BCUT2D eigenvalue weighted by atomic mass is 10.3. The minimum atomic E-state index is 0.0994. The number of carbonyl (C=O) groups is 1. The van der Waals surface area contributed by atoms with E-state index in [0.29, 0.717) is 0 Å². The van der Waals surface area contributed by atoms with Crippen LogP contribution in [0.5, 0.6) is 0 Å². The summed E-state index contributed by atoms with van der Waals surface area (Å²) in [4.78, 5) is 17.0. The van der Waals surface area contributed by atoms with Crippen molar-refractivity contribution >= 4 is 11.7 Å². The van der Waals surface area contributed by atoms with E-state index in [4.69, 9.17) is 0 Å². The highest BCUT2D eigenvalue weighted by molar-refractivity contribution is 5.98. The first kappa shape index (κ1) is 9.19. The average Bonchev–Trinajstić information content (AvgIpc) is 2.48. The van der Waals surface area contributed by atoms with Crippen molar-refractivity contribution in [3.63, 3.8) is 0 Å². The molecule has 0 atom stereocenters. The number of nitrogens with zero attached hydrogens (tertiary/aromatic N) is 2. The Balaban J connectivity index is 2.45. The largest absolute Gasteiger partial charge is 0.319 e. The van der Waals surface area contributed by atoms with Crippen LogP contribution in [0.1, 0.15) is 13.3 Å². The Bertz CT molecular complexity index is 200. The van der Waals surface area contributed by atoms with Gasteiger partial charge >= 0.3 is 0 Å². The van der Waals surface area contributed by atoms with E-state index in [2.05, 4.69) is 10.3 Å². The van der Waals surface area contributed by atoms with Gasteiger partial charge in [-0.2, -0.15) is 0 Å². The number of amidine groups is 1. The smallest absolute Gasteiger partial charge is 0.224 e. The second-order valence-corrected chi connectivity index (χ2v) is 2.82. The fourth-order valence-corrected chi connectivity index (χ4v) is 1.28.